The Morgan fingerprint density at radius 2 is 1.52 bits per heavy atom. The molecule has 3 aromatic carbocycles. The molecule has 0 atom stereocenters. The van der Waals surface area contributed by atoms with Crippen LogP contribution in [-0.4, -0.2) is 33.1 Å². The third-order valence-electron chi connectivity index (χ3n) is 3.87. The molecule has 0 saturated heterocycles. The first-order valence-electron chi connectivity index (χ1n) is 8.01. The van der Waals surface area contributed by atoms with Crippen molar-refractivity contribution in [1.82, 2.24) is 0 Å². The second-order valence-corrected chi connectivity index (χ2v) is 8.91. The smallest absolute Gasteiger partial charge is 0.295 e. The number of fused-ring (bicyclic) bond motifs is 1. The Morgan fingerprint density at radius 1 is 0.862 bits per heavy atom. The van der Waals surface area contributed by atoms with Gasteiger partial charge in [0.1, 0.15) is 10.6 Å². The van der Waals surface area contributed by atoms with Gasteiger partial charge in [0.05, 0.1) is 17.7 Å². The molecule has 6 N–H and O–H groups in total. The number of hydrogen-bond donors (Lipinski definition) is 4. The molecule has 0 aliphatic rings. The number of aryl methyl sites for hydroxylation is 1. The number of methoxy groups -OCH3 is 1. The first-order valence-corrected chi connectivity index (χ1v) is 10.9. The van der Waals surface area contributed by atoms with Crippen LogP contribution in [0.4, 0.5) is 11.4 Å². The first-order chi connectivity index (χ1) is 13.3. The monoisotopic (exact) mass is 440 g/mol. The van der Waals surface area contributed by atoms with E-state index in [4.69, 9.17) is 25.3 Å². The summed E-state index contributed by atoms with van der Waals surface area (Å²) >= 11 is 0. The molecule has 0 fully saturated rings. The zero-order valence-electron chi connectivity index (χ0n) is 15.5. The van der Waals surface area contributed by atoms with Crippen LogP contribution in [0.5, 0.6) is 5.75 Å². The van der Waals surface area contributed by atoms with Crippen LogP contribution in [0.1, 0.15) is 5.56 Å². The van der Waals surface area contributed by atoms with Crippen molar-refractivity contribution in [3.63, 3.8) is 0 Å². The average Bonchev–Trinajstić information content (AvgIpc) is 2.59. The third kappa shape index (κ3) is 5.57. The van der Waals surface area contributed by atoms with Crippen LogP contribution in [-0.2, 0) is 20.2 Å². The number of ether oxygens (including phenoxy) is 1. The maximum absolute atomic E-state index is 11.3. The van der Waals surface area contributed by atoms with Gasteiger partial charge in [-0.3, -0.25) is 9.11 Å². The molecule has 0 radical (unpaired) electrons. The Bertz CT molecular complexity index is 1270. The van der Waals surface area contributed by atoms with E-state index < -0.39 is 30.0 Å². The van der Waals surface area contributed by atoms with Gasteiger partial charge >= 0.3 is 0 Å². The number of anilines is 2. The summed E-state index contributed by atoms with van der Waals surface area (Å²) < 4.78 is 67.8. The molecular formula is C18H20N2O7S2. The van der Waals surface area contributed by atoms with Crippen LogP contribution < -0.4 is 16.2 Å². The molecule has 0 saturated carbocycles. The third-order valence-corrected chi connectivity index (χ3v) is 5.60. The Hall–Kier alpha value is -2.86. The molecule has 0 heterocycles. The lowest BCUT2D eigenvalue weighted by molar-refractivity contribution is 0.417. The Kier molecular flexibility index (Phi) is 6.38. The van der Waals surface area contributed by atoms with E-state index in [1.54, 1.807) is 7.11 Å². The molecule has 3 aromatic rings. The lowest BCUT2D eigenvalue weighted by Crippen LogP contribution is -2.04. The van der Waals surface area contributed by atoms with E-state index in [0.29, 0.717) is 11.8 Å². The molecule has 9 nitrogen and oxygen atoms in total. The molecule has 156 valence electrons. The Morgan fingerprint density at radius 3 is 2.03 bits per heavy atom. The molecule has 0 aliphatic heterocycles. The summed E-state index contributed by atoms with van der Waals surface area (Å²) in [6, 6.07) is 11.6. The van der Waals surface area contributed by atoms with Crippen molar-refractivity contribution in [3.8, 4) is 5.75 Å². The second-order valence-electron chi connectivity index (χ2n) is 6.10. The van der Waals surface area contributed by atoms with E-state index in [-0.39, 0.29) is 16.5 Å². The van der Waals surface area contributed by atoms with Crippen molar-refractivity contribution < 1.29 is 30.7 Å². The molecule has 29 heavy (non-hydrogen) atoms. The van der Waals surface area contributed by atoms with Crippen LogP contribution in [0.15, 0.2) is 58.3 Å². The van der Waals surface area contributed by atoms with Crippen molar-refractivity contribution in [3.05, 3.63) is 54.1 Å². The summed E-state index contributed by atoms with van der Waals surface area (Å²) in [4.78, 5) is -1.26. The molecule has 0 bridgehead atoms. The number of nitrogen functional groups attached to an aromatic ring is 2. The number of nitrogens with two attached hydrogens (primary N) is 2. The van der Waals surface area contributed by atoms with E-state index >= 15 is 0 Å². The number of benzene rings is 3. The fourth-order valence-electron chi connectivity index (χ4n) is 2.53. The zero-order valence-corrected chi connectivity index (χ0v) is 17.2. The summed E-state index contributed by atoms with van der Waals surface area (Å²) in [5.74, 6) is 0.741. The molecular weight excluding hydrogens is 420 g/mol. The largest absolute Gasteiger partial charge is 0.495 e. The summed E-state index contributed by atoms with van der Waals surface area (Å²) in [6.07, 6.45) is 0. The van der Waals surface area contributed by atoms with Gasteiger partial charge < -0.3 is 16.2 Å². The van der Waals surface area contributed by atoms with Crippen LogP contribution in [0.3, 0.4) is 0 Å². The van der Waals surface area contributed by atoms with E-state index in [0.717, 1.165) is 17.4 Å². The maximum atomic E-state index is 11.3. The molecule has 0 aliphatic carbocycles. The lowest BCUT2D eigenvalue weighted by Gasteiger charge is -2.07. The molecule has 11 heteroatoms. The topological polar surface area (TPSA) is 170 Å². The highest BCUT2D eigenvalue weighted by Crippen LogP contribution is 2.28. The Labute approximate surface area is 168 Å². The van der Waals surface area contributed by atoms with Crippen molar-refractivity contribution >= 4 is 42.4 Å². The SMILES string of the molecule is COc1ccc(C)cc1N.Nc1ccc2cc(S(=O)(=O)O)cc(S(=O)(=O)O)c2c1. The van der Waals surface area contributed by atoms with Gasteiger partial charge in [-0.25, -0.2) is 0 Å². The number of rotatable bonds is 3. The molecule has 3 rings (SSSR count). The second kappa shape index (κ2) is 8.25. The predicted octanol–water partition coefficient (Wildman–Crippen LogP) is 2.50. The minimum Gasteiger partial charge on any atom is -0.495 e. The number of hydrogen-bond acceptors (Lipinski definition) is 7. The van der Waals surface area contributed by atoms with Crippen LogP contribution in [0.25, 0.3) is 10.8 Å². The summed E-state index contributed by atoms with van der Waals surface area (Å²) in [7, 11) is -7.64. The fourth-order valence-corrected chi connectivity index (χ4v) is 3.88. The van der Waals surface area contributed by atoms with Gasteiger partial charge in [-0.05, 0) is 54.3 Å². The van der Waals surface area contributed by atoms with E-state index in [1.165, 1.54) is 18.2 Å². The summed E-state index contributed by atoms with van der Waals surface area (Å²) in [5, 5.41) is 0.270. The highest BCUT2D eigenvalue weighted by Gasteiger charge is 2.20. The first kappa shape index (κ1) is 22.4. The van der Waals surface area contributed by atoms with Gasteiger partial charge in [-0.1, -0.05) is 12.1 Å². The van der Waals surface area contributed by atoms with Crippen molar-refractivity contribution in [2.24, 2.45) is 0 Å². The predicted molar refractivity (Wildman–Crippen MR) is 110 cm³/mol. The van der Waals surface area contributed by atoms with Gasteiger partial charge in [0, 0.05) is 11.1 Å². The molecule has 0 spiro atoms. The highest BCUT2D eigenvalue weighted by atomic mass is 32.2. The normalized spacial score (nSPS) is 11.6. The average molecular weight is 440 g/mol. The van der Waals surface area contributed by atoms with Gasteiger partial charge in [0.15, 0.2) is 0 Å². The van der Waals surface area contributed by atoms with Crippen molar-refractivity contribution in [1.29, 1.82) is 0 Å². The van der Waals surface area contributed by atoms with Crippen molar-refractivity contribution in [2.75, 3.05) is 18.6 Å². The lowest BCUT2D eigenvalue weighted by atomic mass is 10.1. The molecule has 0 amide bonds. The van der Waals surface area contributed by atoms with E-state index in [2.05, 4.69) is 0 Å². The highest BCUT2D eigenvalue weighted by molar-refractivity contribution is 7.86. The van der Waals surface area contributed by atoms with Gasteiger partial charge in [-0.2, -0.15) is 16.8 Å². The van der Waals surface area contributed by atoms with Crippen molar-refractivity contribution in [2.45, 2.75) is 16.7 Å². The van der Waals surface area contributed by atoms with E-state index in [1.807, 2.05) is 25.1 Å². The summed E-state index contributed by atoms with van der Waals surface area (Å²) in [6.45, 7) is 2.00. The zero-order chi connectivity index (χ0) is 22.0. The quantitative estimate of drug-likeness (QED) is 0.353. The maximum Gasteiger partial charge on any atom is 0.295 e. The molecule has 0 unspecified atom stereocenters. The summed E-state index contributed by atoms with van der Waals surface area (Å²) in [5.41, 5.74) is 13.2. The standard InChI is InChI=1S/C10H9NO6S2.C8H11NO/c11-7-2-1-6-3-8(18(12,13)14)5-10(9(6)4-7)19(15,16)17;1-6-3-4-8(10-2)7(9)5-6/h1-5H,11H2,(H,12,13,14)(H,15,16,17);3-5H,9H2,1-2H3. The van der Waals surface area contributed by atoms with E-state index in [9.17, 15) is 16.8 Å². The van der Waals surface area contributed by atoms with Crippen LogP contribution >= 0.6 is 0 Å². The molecule has 0 aromatic heterocycles. The van der Waals surface area contributed by atoms with Gasteiger partial charge in [0.25, 0.3) is 20.2 Å². The fraction of sp³-hybridized carbons (Fsp3) is 0.111. The minimum absolute atomic E-state index is 0.0647. The van der Waals surface area contributed by atoms with Gasteiger partial charge in [-0.15, -0.1) is 0 Å². The minimum atomic E-state index is -4.66. The van der Waals surface area contributed by atoms with Crippen LogP contribution in [0.2, 0.25) is 0 Å². The Balaban J connectivity index is 0.000000253. The van der Waals surface area contributed by atoms with Crippen LogP contribution in [0, 0.1) is 6.92 Å². The van der Waals surface area contributed by atoms with Gasteiger partial charge in [0.2, 0.25) is 0 Å².